The highest BCUT2D eigenvalue weighted by atomic mass is 19.1. The number of para-hydroxylation sites is 1. The van der Waals surface area contributed by atoms with Crippen molar-refractivity contribution >= 4 is 11.0 Å². The van der Waals surface area contributed by atoms with Crippen LogP contribution in [0.2, 0.25) is 0 Å². The molecule has 0 aliphatic rings. The van der Waals surface area contributed by atoms with Crippen LogP contribution in [0.3, 0.4) is 0 Å². The lowest BCUT2D eigenvalue weighted by molar-refractivity contribution is 0.543. The number of rotatable bonds is 4. The smallest absolute Gasteiger partial charge is 0.134 e. The summed E-state index contributed by atoms with van der Waals surface area (Å²) in [4.78, 5) is 0. The van der Waals surface area contributed by atoms with Gasteiger partial charge >= 0.3 is 0 Å². The van der Waals surface area contributed by atoms with Gasteiger partial charge in [0.05, 0.1) is 0 Å². The zero-order valence-corrected chi connectivity index (χ0v) is 12.2. The van der Waals surface area contributed by atoms with Gasteiger partial charge in [-0.25, -0.2) is 4.39 Å². The first kappa shape index (κ1) is 13.8. The van der Waals surface area contributed by atoms with Gasteiger partial charge in [-0.2, -0.15) is 0 Å². The molecule has 0 spiro atoms. The van der Waals surface area contributed by atoms with Crippen molar-refractivity contribution in [3.63, 3.8) is 0 Å². The third-order valence-electron chi connectivity index (χ3n) is 3.86. The fraction of sp³-hybridized carbons (Fsp3) is 0.222. The molecule has 0 saturated heterocycles. The van der Waals surface area contributed by atoms with Crippen LogP contribution in [0, 0.1) is 12.7 Å². The second-order valence-corrected chi connectivity index (χ2v) is 5.29. The van der Waals surface area contributed by atoms with E-state index >= 15 is 0 Å². The van der Waals surface area contributed by atoms with Gasteiger partial charge in [0.1, 0.15) is 17.2 Å². The summed E-state index contributed by atoms with van der Waals surface area (Å²) in [5, 5.41) is 4.62. The van der Waals surface area contributed by atoms with Crippen molar-refractivity contribution < 1.29 is 8.81 Å². The molecule has 2 nitrogen and oxygen atoms in total. The SMILES string of the molecule is Cc1oc2ccccc2c1CNC(C)c1ccc(F)cc1. The van der Waals surface area contributed by atoms with Crippen LogP contribution in [0.4, 0.5) is 4.39 Å². The maximum absolute atomic E-state index is 13.0. The molecule has 1 aromatic heterocycles. The highest BCUT2D eigenvalue weighted by Gasteiger charge is 2.12. The molecule has 0 amide bonds. The van der Waals surface area contributed by atoms with Gasteiger partial charge in [-0.05, 0) is 37.6 Å². The number of hydrogen-bond acceptors (Lipinski definition) is 2. The first-order chi connectivity index (χ1) is 10.1. The number of benzene rings is 2. The summed E-state index contributed by atoms with van der Waals surface area (Å²) in [7, 11) is 0. The van der Waals surface area contributed by atoms with Crippen molar-refractivity contribution in [3.8, 4) is 0 Å². The van der Waals surface area contributed by atoms with Gasteiger partial charge in [0.15, 0.2) is 0 Å². The van der Waals surface area contributed by atoms with E-state index in [9.17, 15) is 4.39 Å². The summed E-state index contributed by atoms with van der Waals surface area (Å²) in [5.74, 6) is 0.734. The Morgan fingerprint density at radius 3 is 2.57 bits per heavy atom. The van der Waals surface area contributed by atoms with Crippen LogP contribution in [0.5, 0.6) is 0 Å². The monoisotopic (exact) mass is 283 g/mol. The molecule has 0 aliphatic carbocycles. The summed E-state index contributed by atoms with van der Waals surface area (Å²) < 4.78 is 18.7. The molecule has 0 saturated carbocycles. The largest absolute Gasteiger partial charge is 0.461 e. The number of hydrogen-bond donors (Lipinski definition) is 1. The lowest BCUT2D eigenvalue weighted by Gasteiger charge is -2.14. The molecule has 0 fully saturated rings. The molecule has 108 valence electrons. The Morgan fingerprint density at radius 2 is 1.81 bits per heavy atom. The van der Waals surface area contributed by atoms with Gasteiger partial charge in [0.25, 0.3) is 0 Å². The molecular weight excluding hydrogens is 265 g/mol. The Hall–Kier alpha value is -2.13. The molecule has 0 aliphatic heterocycles. The molecule has 1 heterocycles. The Bertz CT molecular complexity index is 746. The van der Waals surface area contributed by atoms with Crippen molar-refractivity contribution in [2.75, 3.05) is 0 Å². The summed E-state index contributed by atoms with van der Waals surface area (Å²) in [5.41, 5.74) is 3.17. The van der Waals surface area contributed by atoms with Gasteiger partial charge in [-0.1, -0.05) is 30.3 Å². The molecule has 3 heteroatoms. The summed E-state index contributed by atoms with van der Waals surface area (Å²) in [6.07, 6.45) is 0. The maximum Gasteiger partial charge on any atom is 0.134 e. The standard InChI is InChI=1S/C18H18FNO/c1-12(14-7-9-15(19)10-8-14)20-11-17-13(2)21-18-6-4-3-5-16(17)18/h3-10,12,20H,11H2,1-2H3. The Morgan fingerprint density at radius 1 is 1.10 bits per heavy atom. The van der Waals surface area contributed by atoms with Crippen LogP contribution in [0.1, 0.15) is 29.9 Å². The minimum absolute atomic E-state index is 0.152. The van der Waals surface area contributed by atoms with Crippen LogP contribution < -0.4 is 5.32 Å². The number of aryl methyl sites for hydroxylation is 1. The quantitative estimate of drug-likeness (QED) is 0.748. The molecule has 3 rings (SSSR count). The van der Waals surface area contributed by atoms with Crippen molar-refractivity contribution in [2.24, 2.45) is 0 Å². The number of furan rings is 1. The van der Waals surface area contributed by atoms with E-state index in [1.807, 2.05) is 37.3 Å². The highest BCUT2D eigenvalue weighted by molar-refractivity contribution is 5.82. The Balaban J connectivity index is 1.77. The lowest BCUT2D eigenvalue weighted by Crippen LogP contribution is -2.18. The summed E-state index contributed by atoms with van der Waals surface area (Å²) in [6.45, 7) is 4.78. The van der Waals surface area contributed by atoms with Crippen LogP contribution in [0.25, 0.3) is 11.0 Å². The zero-order valence-electron chi connectivity index (χ0n) is 12.2. The molecule has 0 radical (unpaired) electrons. The predicted molar refractivity (Wildman–Crippen MR) is 82.6 cm³/mol. The van der Waals surface area contributed by atoms with Crippen molar-refractivity contribution in [1.29, 1.82) is 0 Å². The third-order valence-corrected chi connectivity index (χ3v) is 3.86. The number of nitrogens with one attached hydrogen (secondary N) is 1. The normalized spacial score (nSPS) is 12.7. The average molecular weight is 283 g/mol. The number of halogens is 1. The second kappa shape index (κ2) is 5.70. The van der Waals surface area contributed by atoms with Gasteiger partial charge in [-0.3, -0.25) is 0 Å². The average Bonchev–Trinajstić information content (AvgIpc) is 2.81. The molecular formula is C18H18FNO. The number of fused-ring (bicyclic) bond motifs is 1. The van der Waals surface area contributed by atoms with E-state index in [1.165, 1.54) is 17.7 Å². The Labute approximate surface area is 123 Å². The summed E-state index contributed by atoms with van der Waals surface area (Å²) in [6, 6.07) is 14.8. The fourth-order valence-electron chi connectivity index (χ4n) is 2.57. The molecule has 21 heavy (non-hydrogen) atoms. The van der Waals surface area contributed by atoms with E-state index in [2.05, 4.69) is 18.3 Å². The van der Waals surface area contributed by atoms with Crippen molar-refractivity contribution in [2.45, 2.75) is 26.4 Å². The van der Waals surface area contributed by atoms with E-state index in [1.54, 1.807) is 0 Å². The topological polar surface area (TPSA) is 25.2 Å². The molecule has 2 aromatic carbocycles. The predicted octanol–water partition coefficient (Wildman–Crippen LogP) is 4.73. The Kier molecular flexibility index (Phi) is 3.76. The first-order valence-electron chi connectivity index (χ1n) is 7.11. The lowest BCUT2D eigenvalue weighted by atomic mass is 10.1. The van der Waals surface area contributed by atoms with Crippen molar-refractivity contribution in [3.05, 3.63) is 71.2 Å². The van der Waals surface area contributed by atoms with Gasteiger partial charge < -0.3 is 9.73 Å². The highest BCUT2D eigenvalue weighted by Crippen LogP contribution is 2.25. The van der Waals surface area contributed by atoms with E-state index in [4.69, 9.17) is 4.42 Å². The van der Waals surface area contributed by atoms with Gasteiger partial charge in [0.2, 0.25) is 0 Å². The fourth-order valence-corrected chi connectivity index (χ4v) is 2.57. The van der Waals surface area contributed by atoms with Crippen molar-refractivity contribution in [1.82, 2.24) is 5.32 Å². The van der Waals surface area contributed by atoms with E-state index in [0.717, 1.165) is 28.8 Å². The molecule has 1 unspecified atom stereocenters. The minimum atomic E-state index is -0.206. The first-order valence-corrected chi connectivity index (χ1v) is 7.11. The van der Waals surface area contributed by atoms with Gasteiger partial charge in [0, 0.05) is 23.5 Å². The maximum atomic E-state index is 13.0. The molecule has 0 bridgehead atoms. The molecule has 1 atom stereocenters. The van der Waals surface area contributed by atoms with Crippen LogP contribution in [0.15, 0.2) is 52.9 Å². The molecule has 1 N–H and O–H groups in total. The summed E-state index contributed by atoms with van der Waals surface area (Å²) >= 11 is 0. The van der Waals surface area contributed by atoms with Gasteiger partial charge in [-0.15, -0.1) is 0 Å². The van der Waals surface area contributed by atoms with E-state index in [-0.39, 0.29) is 11.9 Å². The van der Waals surface area contributed by atoms with Crippen LogP contribution >= 0.6 is 0 Å². The van der Waals surface area contributed by atoms with Crippen LogP contribution in [-0.4, -0.2) is 0 Å². The zero-order chi connectivity index (χ0) is 14.8. The van der Waals surface area contributed by atoms with E-state index in [0.29, 0.717) is 0 Å². The van der Waals surface area contributed by atoms with Crippen LogP contribution in [-0.2, 0) is 6.54 Å². The van der Waals surface area contributed by atoms with E-state index < -0.39 is 0 Å². The molecule has 3 aromatic rings. The minimum Gasteiger partial charge on any atom is -0.461 e. The third kappa shape index (κ3) is 2.83. The second-order valence-electron chi connectivity index (χ2n) is 5.29.